The Morgan fingerprint density at radius 1 is 0.971 bits per heavy atom. The molecule has 1 aromatic rings. The molecule has 35 heavy (non-hydrogen) atoms. The third-order valence-electron chi connectivity index (χ3n) is 7.61. The van der Waals surface area contributed by atoms with Gasteiger partial charge in [-0.05, 0) is 84.6 Å². The molecule has 0 bridgehead atoms. The van der Waals surface area contributed by atoms with Gasteiger partial charge in [0.2, 0.25) is 11.9 Å². The summed E-state index contributed by atoms with van der Waals surface area (Å²) in [4.78, 5) is 30.3. The molecule has 0 aromatic carbocycles. The molecule has 3 aliphatic rings. The van der Waals surface area contributed by atoms with Gasteiger partial charge in [-0.2, -0.15) is 0 Å². The van der Waals surface area contributed by atoms with Crippen LogP contribution in [0, 0.1) is 11.8 Å². The van der Waals surface area contributed by atoms with Crippen molar-refractivity contribution in [2.45, 2.75) is 44.9 Å². The van der Waals surface area contributed by atoms with E-state index in [2.05, 4.69) is 49.0 Å². The first-order valence-corrected chi connectivity index (χ1v) is 13.9. The molecule has 198 valence electrons. The molecule has 1 amide bonds. The summed E-state index contributed by atoms with van der Waals surface area (Å²) in [6.45, 7) is 9.68. The first kappa shape index (κ1) is 28.1. The summed E-state index contributed by atoms with van der Waals surface area (Å²) >= 11 is 5.85. The molecule has 2 aliphatic heterocycles. The van der Waals surface area contributed by atoms with E-state index in [0.717, 1.165) is 83.7 Å². The molecule has 3 fully saturated rings. The van der Waals surface area contributed by atoms with Gasteiger partial charge < -0.3 is 24.9 Å². The van der Waals surface area contributed by atoms with E-state index in [0.29, 0.717) is 16.8 Å². The number of likely N-dealkylation sites (N-methyl/N-ethyl adjacent to an activating group) is 2. The van der Waals surface area contributed by atoms with Crippen molar-refractivity contribution in [2.75, 3.05) is 84.9 Å². The summed E-state index contributed by atoms with van der Waals surface area (Å²) in [6, 6.07) is 0. The maximum atomic E-state index is 12.9. The Labute approximate surface area is 217 Å². The van der Waals surface area contributed by atoms with Gasteiger partial charge in [-0.15, -0.1) is 0 Å². The van der Waals surface area contributed by atoms with Crippen LogP contribution in [0.4, 0.5) is 5.95 Å². The van der Waals surface area contributed by atoms with Crippen LogP contribution in [0.25, 0.3) is 0 Å². The van der Waals surface area contributed by atoms with Crippen LogP contribution in [0.1, 0.15) is 44.9 Å². The molecular weight excluding hydrogens is 462 g/mol. The molecule has 0 atom stereocenters. The molecule has 8 nitrogen and oxygen atoms in total. The number of anilines is 1. The van der Waals surface area contributed by atoms with Crippen LogP contribution in [-0.2, 0) is 4.79 Å². The minimum atomic E-state index is 0.238. The summed E-state index contributed by atoms with van der Waals surface area (Å²) < 4.78 is 0. The van der Waals surface area contributed by atoms with Gasteiger partial charge in [-0.1, -0.05) is 11.6 Å². The zero-order valence-corrected chi connectivity index (χ0v) is 22.8. The lowest BCUT2D eigenvalue weighted by Crippen LogP contribution is -2.40. The molecule has 9 heteroatoms. The minimum absolute atomic E-state index is 0.238. The highest BCUT2D eigenvalue weighted by Gasteiger charge is 2.30. The van der Waals surface area contributed by atoms with Crippen LogP contribution < -0.4 is 10.2 Å². The number of amides is 1. The summed E-state index contributed by atoms with van der Waals surface area (Å²) in [7, 11) is 6.34. The van der Waals surface area contributed by atoms with E-state index in [4.69, 9.17) is 11.6 Å². The lowest BCUT2D eigenvalue weighted by Gasteiger charge is -2.32. The van der Waals surface area contributed by atoms with Crippen molar-refractivity contribution in [1.82, 2.24) is 30.0 Å². The molecule has 4 rings (SSSR count). The fourth-order valence-corrected chi connectivity index (χ4v) is 5.28. The van der Waals surface area contributed by atoms with Gasteiger partial charge in [-0.3, -0.25) is 4.79 Å². The Morgan fingerprint density at radius 2 is 1.66 bits per heavy atom. The largest absolute Gasteiger partial charge is 0.344 e. The number of aromatic nitrogens is 2. The van der Waals surface area contributed by atoms with Crippen molar-refractivity contribution < 1.29 is 4.79 Å². The number of carbonyl (C=O) groups excluding carboxylic acids is 1. The van der Waals surface area contributed by atoms with Crippen molar-refractivity contribution >= 4 is 23.5 Å². The van der Waals surface area contributed by atoms with Gasteiger partial charge in [0, 0.05) is 52.2 Å². The van der Waals surface area contributed by atoms with Crippen molar-refractivity contribution in [3.63, 3.8) is 0 Å². The minimum Gasteiger partial charge on any atom is -0.344 e. The predicted molar refractivity (Wildman–Crippen MR) is 144 cm³/mol. The van der Waals surface area contributed by atoms with Gasteiger partial charge in [0.1, 0.15) is 0 Å². The van der Waals surface area contributed by atoms with Gasteiger partial charge in [0.25, 0.3) is 0 Å². The Morgan fingerprint density at radius 3 is 2.40 bits per heavy atom. The number of hydrogen-bond acceptors (Lipinski definition) is 7. The van der Waals surface area contributed by atoms with E-state index in [1.807, 2.05) is 7.05 Å². The SMILES string of the molecule is CN1CCCN(C(=O)C2CCC(CCN(C)c3ncc(Cl)cn3)CC2)CC1.CN1CCCNCC1. The number of nitrogens with one attached hydrogen (secondary N) is 1. The van der Waals surface area contributed by atoms with Gasteiger partial charge in [-0.25, -0.2) is 9.97 Å². The van der Waals surface area contributed by atoms with Crippen molar-refractivity contribution in [2.24, 2.45) is 11.8 Å². The van der Waals surface area contributed by atoms with Crippen molar-refractivity contribution in [3.05, 3.63) is 17.4 Å². The summed E-state index contributed by atoms with van der Waals surface area (Å²) in [5.74, 6) is 2.05. The Bertz CT molecular complexity index is 734. The molecule has 0 spiro atoms. The highest BCUT2D eigenvalue weighted by molar-refractivity contribution is 6.30. The average Bonchev–Trinajstić information content (AvgIpc) is 3.25. The average molecular weight is 508 g/mol. The molecule has 3 heterocycles. The maximum Gasteiger partial charge on any atom is 0.225 e. The highest BCUT2D eigenvalue weighted by Crippen LogP contribution is 2.32. The van der Waals surface area contributed by atoms with E-state index in [-0.39, 0.29) is 5.92 Å². The smallest absolute Gasteiger partial charge is 0.225 e. The van der Waals surface area contributed by atoms with E-state index >= 15 is 0 Å². The van der Waals surface area contributed by atoms with Crippen LogP contribution in [0.2, 0.25) is 5.02 Å². The molecular formula is C26H46ClN7O. The lowest BCUT2D eigenvalue weighted by atomic mass is 9.80. The number of rotatable bonds is 5. The normalized spacial score (nSPS) is 24.6. The quantitative estimate of drug-likeness (QED) is 0.657. The third kappa shape index (κ3) is 9.83. The first-order chi connectivity index (χ1) is 16.9. The summed E-state index contributed by atoms with van der Waals surface area (Å²) in [5.41, 5.74) is 0. The Balaban J connectivity index is 0.000000363. The fourth-order valence-electron chi connectivity index (χ4n) is 5.18. The summed E-state index contributed by atoms with van der Waals surface area (Å²) in [5, 5.41) is 3.90. The molecule has 1 saturated carbocycles. The standard InChI is InChI=1S/C20H32ClN5O.C6H14N2/c1-24-9-3-10-26(13-12-24)19(27)17-6-4-16(5-7-17)8-11-25(2)20-22-14-18(21)15-23-20;1-8-5-2-3-7-4-6-8/h14-17H,3-13H2,1-2H3;7H,2-6H2,1H3. The number of nitrogens with zero attached hydrogens (tertiary/aromatic N) is 6. The van der Waals surface area contributed by atoms with Gasteiger partial charge in [0.15, 0.2) is 0 Å². The highest BCUT2D eigenvalue weighted by atomic mass is 35.5. The number of carbonyl (C=O) groups is 1. The topological polar surface area (TPSA) is 67.8 Å². The van der Waals surface area contributed by atoms with Gasteiger partial charge in [0.05, 0.1) is 17.4 Å². The second-order valence-electron chi connectivity index (χ2n) is 10.5. The van der Waals surface area contributed by atoms with Crippen LogP contribution >= 0.6 is 11.6 Å². The number of hydrogen-bond donors (Lipinski definition) is 1. The molecule has 0 unspecified atom stereocenters. The van der Waals surface area contributed by atoms with E-state index in [1.54, 1.807) is 12.4 Å². The lowest BCUT2D eigenvalue weighted by molar-refractivity contribution is -0.136. The Hall–Kier alpha value is -1.48. The number of halogens is 1. The van der Waals surface area contributed by atoms with Crippen LogP contribution in [-0.4, -0.2) is 111 Å². The van der Waals surface area contributed by atoms with E-state index < -0.39 is 0 Å². The third-order valence-corrected chi connectivity index (χ3v) is 7.81. The monoisotopic (exact) mass is 507 g/mol. The zero-order chi connectivity index (χ0) is 25.0. The van der Waals surface area contributed by atoms with Crippen LogP contribution in [0.3, 0.4) is 0 Å². The molecule has 1 N–H and O–H groups in total. The molecule has 1 aromatic heterocycles. The Kier molecular flexibility index (Phi) is 12.0. The molecule has 1 aliphatic carbocycles. The maximum absolute atomic E-state index is 12.9. The van der Waals surface area contributed by atoms with Crippen LogP contribution in [0.15, 0.2) is 12.4 Å². The predicted octanol–water partition coefficient (Wildman–Crippen LogP) is 2.84. The van der Waals surface area contributed by atoms with E-state index in [9.17, 15) is 4.79 Å². The second kappa shape index (κ2) is 14.9. The van der Waals surface area contributed by atoms with Gasteiger partial charge >= 0.3 is 0 Å². The first-order valence-electron chi connectivity index (χ1n) is 13.5. The zero-order valence-electron chi connectivity index (χ0n) is 22.1. The van der Waals surface area contributed by atoms with Crippen molar-refractivity contribution in [1.29, 1.82) is 0 Å². The van der Waals surface area contributed by atoms with Crippen LogP contribution in [0.5, 0.6) is 0 Å². The second-order valence-corrected chi connectivity index (χ2v) is 11.0. The fraction of sp³-hybridized carbons (Fsp3) is 0.808. The van der Waals surface area contributed by atoms with Crippen molar-refractivity contribution in [3.8, 4) is 0 Å². The molecule has 2 saturated heterocycles. The molecule has 0 radical (unpaired) electrons. The van der Waals surface area contributed by atoms with E-state index in [1.165, 1.54) is 26.1 Å². The summed E-state index contributed by atoms with van der Waals surface area (Å²) in [6.07, 6.45) is 11.2.